The van der Waals surface area contributed by atoms with Gasteiger partial charge in [-0.25, -0.2) is 0 Å². The van der Waals surface area contributed by atoms with E-state index in [4.69, 9.17) is 11.6 Å². The van der Waals surface area contributed by atoms with Gasteiger partial charge in [-0.3, -0.25) is 0 Å². The third-order valence-corrected chi connectivity index (χ3v) is 4.68. The van der Waals surface area contributed by atoms with Crippen molar-refractivity contribution in [3.8, 4) is 0 Å². The van der Waals surface area contributed by atoms with Crippen molar-refractivity contribution in [2.45, 2.75) is 45.2 Å². The summed E-state index contributed by atoms with van der Waals surface area (Å²) in [6.45, 7) is 7.08. The number of likely N-dealkylation sites (tertiary alicyclic amines) is 1. The Morgan fingerprint density at radius 3 is 2.65 bits per heavy atom. The maximum atomic E-state index is 6.04. The Morgan fingerprint density at radius 2 is 2.00 bits per heavy atom. The van der Waals surface area contributed by atoms with Gasteiger partial charge in [0, 0.05) is 17.1 Å². The lowest BCUT2D eigenvalue weighted by Crippen LogP contribution is -2.44. The van der Waals surface area contributed by atoms with Crippen molar-refractivity contribution in [2.24, 2.45) is 5.92 Å². The van der Waals surface area contributed by atoms with E-state index in [0.29, 0.717) is 12.1 Å². The molecule has 1 fully saturated rings. The summed E-state index contributed by atoms with van der Waals surface area (Å²) in [7, 11) is 2.22. The van der Waals surface area contributed by atoms with Crippen LogP contribution >= 0.6 is 11.6 Å². The lowest BCUT2D eigenvalue weighted by molar-refractivity contribution is 0.185. The van der Waals surface area contributed by atoms with Crippen molar-refractivity contribution in [2.75, 3.05) is 20.1 Å². The normalized spacial score (nSPS) is 20.8. The summed E-state index contributed by atoms with van der Waals surface area (Å²) in [6, 6.07) is 9.28. The van der Waals surface area contributed by atoms with Crippen molar-refractivity contribution in [3.63, 3.8) is 0 Å². The highest BCUT2D eigenvalue weighted by Crippen LogP contribution is 2.20. The van der Waals surface area contributed by atoms with Gasteiger partial charge in [0.1, 0.15) is 0 Å². The molecular weight excluding hydrogens is 268 g/mol. The summed E-state index contributed by atoms with van der Waals surface area (Å²) >= 11 is 6.04. The van der Waals surface area contributed by atoms with E-state index < -0.39 is 0 Å². The highest BCUT2D eigenvalue weighted by molar-refractivity contribution is 6.30. The zero-order valence-electron chi connectivity index (χ0n) is 12.9. The van der Waals surface area contributed by atoms with E-state index in [0.717, 1.165) is 17.4 Å². The molecule has 0 aliphatic carbocycles. The van der Waals surface area contributed by atoms with Gasteiger partial charge in [-0.2, -0.15) is 0 Å². The fraction of sp³-hybridized carbons (Fsp3) is 0.647. The number of nitrogens with one attached hydrogen (secondary N) is 1. The third kappa shape index (κ3) is 4.76. The molecule has 0 amide bonds. The van der Waals surface area contributed by atoms with Crippen LogP contribution in [0.2, 0.25) is 5.02 Å². The summed E-state index contributed by atoms with van der Waals surface area (Å²) < 4.78 is 0. The largest absolute Gasteiger partial charge is 0.311 e. The fourth-order valence-corrected chi connectivity index (χ4v) is 3.40. The number of hydrogen-bond acceptors (Lipinski definition) is 2. The van der Waals surface area contributed by atoms with Gasteiger partial charge in [-0.15, -0.1) is 0 Å². The van der Waals surface area contributed by atoms with E-state index in [2.05, 4.69) is 43.2 Å². The summed E-state index contributed by atoms with van der Waals surface area (Å²) in [5.41, 5.74) is 1.31. The van der Waals surface area contributed by atoms with Crippen LogP contribution in [-0.2, 0) is 6.42 Å². The molecule has 20 heavy (non-hydrogen) atoms. The second-order valence-electron chi connectivity index (χ2n) is 6.33. The van der Waals surface area contributed by atoms with Crippen molar-refractivity contribution in [1.82, 2.24) is 10.2 Å². The van der Waals surface area contributed by atoms with Crippen molar-refractivity contribution >= 4 is 11.6 Å². The summed E-state index contributed by atoms with van der Waals surface area (Å²) in [5.74, 6) is 0.813. The molecule has 2 nitrogen and oxygen atoms in total. The number of rotatable bonds is 5. The van der Waals surface area contributed by atoms with E-state index in [1.807, 2.05) is 12.1 Å². The molecule has 0 aromatic heterocycles. The van der Waals surface area contributed by atoms with Crippen LogP contribution in [0.5, 0.6) is 0 Å². The minimum absolute atomic E-state index is 0.489. The Morgan fingerprint density at radius 1 is 1.30 bits per heavy atom. The minimum Gasteiger partial charge on any atom is -0.311 e. The van der Waals surface area contributed by atoms with Gasteiger partial charge < -0.3 is 10.2 Å². The first-order valence-electron chi connectivity index (χ1n) is 7.73. The topological polar surface area (TPSA) is 15.3 Å². The molecule has 1 aromatic rings. The second kappa shape index (κ2) is 7.44. The van der Waals surface area contributed by atoms with Crippen LogP contribution in [0.15, 0.2) is 24.3 Å². The van der Waals surface area contributed by atoms with E-state index in [-0.39, 0.29) is 0 Å². The number of benzene rings is 1. The molecule has 1 heterocycles. The minimum atomic E-state index is 0.489. The average molecular weight is 295 g/mol. The third-order valence-electron chi connectivity index (χ3n) is 4.45. The molecule has 0 spiro atoms. The Bertz CT molecular complexity index is 413. The first-order chi connectivity index (χ1) is 9.54. The lowest BCUT2D eigenvalue weighted by atomic mass is 9.90. The SMILES string of the molecule is CC(Cc1cccc(Cl)c1)NC(C)C1CCN(C)CC1. The van der Waals surface area contributed by atoms with Gasteiger partial charge in [-0.1, -0.05) is 23.7 Å². The molecule has 2 rings (SSSR count). The summed E-state index contributed by atoms with van der Waals surface area (Å²) in [4.78, 5) is 2.43. The van der Waals surface area contributed by atoms with Crippen LogP contribution in [-0.4, -0.2) is 37.1 Å². The maximum Gasteiger partial charge on any atom is 0.0408 e. The molecule has 1 N–H and O–H groups in total. The van der Waals surface area contributed by atoms with Crippen LogP contribution in [0, 0.1) is 5.92 Å². The molecule has 1 aromatic carbocycles. The van der Waals surface area contributed by atoms with Crippen LogP contribution in [0.1, 0.15) is 32.3 Å². The molecule has 0 saturated carbocycles. The van der Waals surface area contributed by atoms with Gasteiger partial charge in [0.05, 0.1) is 0 Å². The molecule has 3 heteroatoms. The quantitative estimate of drug-likeness (QED) is 0.893. The lowest BCUT2D eigenvalue weighted by Gasteiger charge is -2.34. The highest BCUT2D eigenvalue weighted by Gasteiger charge is 2.23. The predicted molar refractivity (Wildman–Crippen MR) is 87.4 cm³/mol. The number of halogens is 1. The summed E-state index contributed by atoms with van der Waals surface area (Å²) in [5, 5.41) is 4.60. The zero-order valence-corrected chi connectivity index (χ0v) is 13.7. The Balaban J connectivity index is 1.80. The van der Waals surface area contributed by atoms with Gasteiger partial charge in [0.25, 0.3) is 0 Å². The van der Waals surface area contributed by atoms with Crippen molar-refractivity contribution < 1.29 is 0 Å². The number of nitrogens with zero attached hydrogens (tertiary/aromatic N) is 1. The first-order valence-corrected chi connectivity index (χ1v) is 8.11. The molecule has 1 saturated heterocycles. The molecule has 2 atom stereocenters. The van der Waals surface area contributed by atoms with Crippen LogP contribution in [0.3, 0.4) is 0 Å². The van der Waals surface area contributed by atoms with Gasteiger partial charge in [-0.05, 0) is 76.9 Å². The zero-order chi connectivity index (χ0) is 14.5. The van der Waals surface area contributed by atoms with Gasteiger partial charge >= 0.3 is 0 Å². The van der Waals surface area contributed by atoms with E-state index in [9.17, 15) is 0 Å². The Hall–Kier alpha value is -0.570. The van der Waals surface area contributed by atoms with Crippen molar-refractivity contribution in [3.05, 3.63) is 34.9 Å². The Labute approximate surface area is 128 Å². The number of piperidine rings is 1. The van der Waals surface area contributed by atoms with E-state index in [1.54, 1.807) is 0 Å². The van der Waals surface area contributed by atoms with E-state index >= 15 is 0 Å². The molecule has 0 bridgehead atoms. The van der Waals surface area contributed by atoms with Gasteiger partial charge in [0.2, 0.25) is 0 Å². The average Bonchev–Trinajstić information content (AvgIpc) is 2.39. The molecule has 0 radical (unpaired) electrons. The van der Waals surface area contributed by atoms with Crippen molar-refractivity contribution in [1.29, 1.82) is 0 Å². The second-order valence-corrected chi connectivity index (χ2v) is 6.77. The van der Waals surface area contributed by atoms with Crippen LogP contribution in [0.4, 0.5) is 0 Å². The van der Waals surface area contributed by atoms with Crippen LogP contribution in [0.25, 0.3) is 0 Å². The molecular formula is C17H27ClN2. The monoisotopic (exact) mass is 294 g/mol. The van der Waals surface area contributed by atoms with Crippen LogP contribution < -0.4 is 5.32 Å². The molecule has 112 valence electrons. The Kier molecular flexibility index (Phi) is 5.88. The number of hydrogen-bond donors (Lipinski definition) is 1. The van der Waals surface area contributed by atoms with E-state index in [1.165, 1.54) is 31.5 Å². The molecule has 1 aliphatic rings. The molecule has 2 unspecified atom stereocenters. The first kappa shape index (κ1) is 15.8. The maximum absolute atomic E-state index is 6.04. The smallest absolute Gasteiger partial charge is 0.0408 e. The summed E-state index contributed by atoms with van der Waals surface area (Å²) in [6.07, 6.45) is 3.67. The fourth-order valence-electron chi connectivity index (χ4n) is 3.19. The standard InChI is InChI=1S/C17H27ClN2/c1-13(11-15-5-4-6-17(18)12-15)19-14(2)16-7-9-20(3)10-8-16/h4-6,12-14,16,19H,7-11H2,1-3H3. The predicted octanol–water partition coefficient (Wildman–Crippen LogP) is 3.59. The molecule has 1 aliphatic heterocycles. The highest BCUT2D eigenvalue weighted by atomic mass is 35.5. The van der Waals surface area contributed by atoms with Gasteiger partial charge in [0.15, 0.2) is 0 Å².